The number of halogens is 2. The van der Waals surface area contributed by atoms with Gasteiger partial charge in [-0.25, -0.2) is 8.42 Å². The summed E-state index contributed by atoms with van der Waals surface area (Å²) in [6, 6.07) is 17.2. The summed E-state index contributed by atoms with van der Waals surface area (Å²) >= 11 is 12.9. The average molecular weight is 647 g/mol. The zero-order chi connectivity index (χ0) is 31.1. The molecule has 0 radical (unpaired) electrons. The number of methoxy groups -OCH3 is 1. The molecule has 43 heavy (non-hydrogen) atoms. The van der Waals surface area contributed by atoms with E-state index in [0.717, 1.165) is 35.6 Å². The highest BCUT2D eigenvalue weighted by Crippen LogP contribution is 2.32. The lowest BCUT2D eigenvalue weighted by Gasteiger charge is -2.34. The van der Waals surface area contributed by atoms with Crippen LogP contribution in [0.3, 0.4) is 0 Å². The van der Waals surface area contributed by atoms with Gasteiger partial charge in [0.05, 0.1) is 22.7 Å². The summed E-state index contributed by atoms with van der Waals surface area (Å²) in [5.74, 6) is -0.467. The SMILES string of the molecule is CC[C@@H](C(=O)NC1CCCC1)N(Cc1ccccc1Cl)C(=O)CN(c1ccc(OC)c(Cl)c1)S(=O)(=O)c1ccc(C)cc1. The molecule has 1 saturated carbocycles. The third-order valence-electron chi connectivity index (χ3n) is 7.70. The summed E-state index contributed by atoms with van der Waals surface area (Å²) in [5.41, 5.74) is 1.71. The van der Waals surface area contributed by atoms with E-state index in [-0.39, 0.29) is 34.1 Å². The van der Waals surface area contributed by atoms with Gasteiger partial charge in [-0.05, 0) is 68.1 Å². The quantitative estimate of drug-likeness (QED) is 0.247. The van der Waals surface area contributed by atoms with Crippen molar-refractivity contribution >= 4 is 50.7 Å². The molecule has 0 saturated heterocycles. The van der Waals surface area contributed by atoms with Crippen molar-refractivity contribution in [2.45, 2.75) is 69.5 Å². The molecule has 4 rings (SSSR count). The van der Waals surface area contributed by atoms with Gasteiger partial charge in [0.15, 0.2) is 0 Å². The minimum Gasteiger partial charge on any atom is -0.495 e. The van der Waals surface area contributed by atoms with E-state index in [1.807, 2.05) is 13.8 Å². The lowest BCUT2D eigenvalue weighted by atomic mass is 10.1. The van der Waals surface area contributed by atoms with E-state index >= 15 is 0 Å². The largest absolute Gasteiger partial charge is 0.495 e. The first-order valence-corrected chi connectivity index (χ1v) is 16.5. The van der Waals surface area contributed by atoms with Gasteiger partial charge in [-0.2, -0.15) is 0 Å². The highest BCUT2D eigenvalue weighted by Gasteiger charge is 2.35. The van der Waals surface area contributed by atoms with Gasteiger partial charge in [0, 0.05) is 17.6 Å². The number of carbonyl (C=O) groups excluding carboxylic acids is 2. The second-order valence-electron chi connectivity index (χ2n) is 10.7. The number of amides is 2. The first-order chi connectivity index (χ1) is 20.5. The number of nitrogens with one attached hydrogen (secondary N) is 1. The Labute approximate surface area is 264 Å². The molecule has 0 aromatic heterocycles. The molecule has 3 aromatic carbocycles. The maximum absolute atomic E-state index is 14.3. The molecule has 230 valence electrons. The van der Waals surface area contributed by atoms with Crippen LogP contribution in [0.1, 0.15) is 50.2 Å². The van der Waals surface area contributed by atoms with Crippen molar-refractivity contribution in [2.75, 3.05) is 18.0 Å². The Kier molecular flexibility index (Phi) is 11.0. The molecule has 1 aliphatic rings. The minimum atomic E-state index is -4.23. The van der Waals surface area contributed by atoms with Crippen LogP contribution in [0, 0.1) is 6.92 Å². The molecule has 3 aromatic rings. The summed E-state index contributed by atoms with van der Waals surface area (Å²) in [4.78, 5) is 29.3. The standard InChI is InChI=1S/C32H37Cl2N3O5S/c1-4-29(32(39)35-24-10-6-7-11-24)36(20-23-9-5-8-12-27(23)33)31(38)21-37(25-15-18-30(42-3)28(34)19-25)43(40,41)26-16-13-22(2)14-17-26/h5,8-9,12-19,24,29H,4,6-7,10-11,20-21H2,1-3H3,(H,35,39)/t29-/m0/s1. The van der Waals surface area contributed by atoms with Crippen molar-refractivity contribution in [3.63, 3.8) is 0 Å². The van der Waals surface area contributed by atoms with Crippen molar-refractivity contribution < 1.29 is 22.7 Å². The lowest BCUT2D eigenvalue weighted by molar-refractivity contribution is -0.140. The Morgan fingerprint density at radius 3 is 2.28 bits per heavy atom. The van der Waals surface area contributed by atoms with Crippen molar-refractivity contribution in [1.82, 2.24) is 10.2 Å². The molecule has 8 nitrogen and oxygen atoms in total. The Bertz CT molecular complexity index is 1540. The first kappa shape index (κ1) is 32.6. The van der Waals surface area contributed by atoms with Gasteiger partial charge in [-0.3, -0.25) is 13.9 Å². The van der Waals surface area contributed by atoms with E-state index in [1.165, 1.54) is 36.3 Å². The third kappa shape index (κ3) is 7.82. The van der Waals surface area contributed by atoms with Crippen LogP contribution in [0.2, 0.25) is 10.0 Å². The number of anilines is 1. The molecule has 2 amide bonds. The van der Waals surface area contributed by atoms with E-state index in [9.17, 15) is 18.0 Å². The van der Waals surface area contributed by atoms with Crippen molar-refractivity contribution in [3.05, 3.63) is 87.9 Å². The number of hydrogen-bond acceptors (Lipinski definition) is 5. The maximum Gasteiger partial charge on any atom is 0.264 e. The second kappa shape index (κ2) is 14.5. The monoisotopic (exact) mass is 645 g/mol. The predicted octanol–water partition coefficient (Wildman–Crippen LogP) is 6.37. The number of sulfonamides is 1. The maximum atomic E-state index is 14.3. The number of hydrogen-bond donors (Lipinski definition) is 1. The molecule has 1 fully saturated rings. The first-order valence-electron chi connectivity index (χ1n) is 14.3. The number of benzene rings is 3. The van der Waals surface area contributed by atoms with Crippen LogP contribution in [0.25, 0.3) is 0 Å². The molecular weight excluding hydrogens is 609 g/mol. The van der Waals surface area contributed by atoms with Crippen LogP contribution >= 0.6 is 23.2 Å². The molecule has 11 heteroatoms. The smallest absolute Gasteiger partial charge is 0.264 e. The van der Waals surface area contributed by atoms with Gasteiger partial charge in [-0.15, -0.1) is 0 Å². The zero-order valence-electron chi connectivity index (χ0n) is 24.6. The van der Waals surface area contributed by atoms with Crippen LogP contribution in [-0.4, -0.2) is 50.9 Å². The number of nitrogens with zero attached hydrogens (tertiary/aromatic N) is 2. The van der Waals surface area contributed by atoms with Crippen molar-refractivity contribution in [3.8, 4) is 5.75 Å². The summed E-state index contributed by atoms with van der Waals surface area (Å²) in [6.07, 6.45) is 4.19. The van der Waals surface area contributed by atoms with Crippen LogP contribution in [0.4, 0.5) is 5.69 Å². The highest BCUT2D eigenvalue weighted by atomic mass is 35.5. The van der Waals surface area contributed by atoms with Crippen LogP contribution in [-0.2, 0) is 26.2 Å². The van der Waals surface area contributed by atoms with Gasteiger partial charge >= 0.3 is 0 Å². The number of carbonyl (C=O) groups is 2. The van der Waals surface area contributed by atoms with Crippen molar-refractivity contribution in [2.24, 2.45) is 0 Å². The normalized spacial score (nSPS) is 14.3. The molecule has 1 atom stereocenters. The van der Waals surface area contributed by atoms with Crippen LogP contribution in [0.15, 0.2) is 71.6 Å². The fraction of sp³-hybridized carbons (Fsp3) is 0.375. The summed E-state index contributed by atoms with van der Waals surface area (Å²) in [7, 11) is -2.77. The zero-order valence-corrected chi connectivity index (χ0v) is 26.9. The molecule has 0 bridgehead atoms. The molecule has 0 aliphatic heterocycles. The van der Waals surface area contributed by atoms with Gasteiger partial charge in [0.25, 0.3) is 10.0 Å². The van der Waals surface area contributed by atoms with Crippen LogP contribution < -0.4 is 14.4 Å². The molecule has 0 spiro atoms. The number of aryl methyl sites for hydroxylation is 1. The molecular formula is C32H37Cl2N3O5S. The minimum absolute atomic E-state index is 0.0153. The lowest BCUT2D eigenvalue weighted by Crippen LogP contribution is -2.53. The number of rotatable bonds is 12. The van der Waals surface area contributed by atoms with E-state index < -0.39 is 28.5 Å². The highest BCUT2D eigenvalue weighted by molar-refractivity contribution is 7.92. The topological polar surface area (TPSA) is 96.0 Å². The fourth-order valence-electron chi connectivity index (χ4n) is 5.27. The second-order valence-corrected chi connectivity index (χ2v) is 13.3. The number of ether oxygens (including phenoxy) is 1. The van der Waals surface area contributed by atoms with Crippen LogP contribution in [0.5, 0.6) is 5.75 Å². The molecule has 1 N–H and O–H groups in total. The fourth-order valence-corrected chi connectivity index (χ4v) is 7.13. The molecule has 0 heterocycles. The Balaban J connectivity index is 1.75. The Morgan fingerprint density at radius 2 is 1.67 bits per heavy atom. The Hall–Kier alpha value is -3.27. The van der Waals surface area contributed by atoms with E-state index in [2.05, 4.69) is 5.32 Å². The Morgan fingerprint density at radius 1 is 1.00 bits per heavy atom. The molecule has 0 unspecified atom stereocenters. The predicted molar refractivity (Wildman–Crippen MR) is 170 cm³/mol. The molecule has 1 aliphatic carbocycles. The van der Waals surface area contributed by atoms with Gasteiger partial charge < -0.3 is 15.0 Å². The van der Waals surface area contributed by atoms with Gasteiger partial charge in [0.2, 0.25) is 11.8 Å². The van der Waals surface area contributed by atoms with Gasteiger partial charge in [0.1, 0.15) is 18.3 Å². The third-order valence-corrected chi connectivity index (χ3v) is 10.1. The van der Waals surface area contributed by atoms with Gasteiger partial charge in [-0.1, -0.05) is 78.9 Å². The van der Waals surface area contributed by atoms with E-state index in [1.54, 1.807) is 42.5 Å². The summed E-state index contributed by atoms with van der Waals surface area (Å²) in [5, 5.41) is 3.73. The summed E-state index contributed by atoms with van der Waals surface area (Å²) < 4.78 is 34.4. The van der Waals surface area contributed by atoms with E-state index in [4.69, 9.17) is 27.9 Å². The van der Waals surface area contributed by atoms with E-state index in [0.29, 0.717) is 22.8 Å². The van der Waals surface area contributed by atoms with Crippen molar-refractivity contribution in [1.29, 1.82) is 0 Å². The summed E-state index contributed by atoms with van der Waals surface area (Å²) in [6.45, 7) is 3.14. The average Bonchev–Trinajstić information content (AvgIpc) is 3.49.